The lowest BCUT2D eigenvalue weighted by atomic mass is 9.96. The Morgan fingerprint density at radius 2 is 1.53 bits per heavy atom. The zero-order valence-electron chi connectivity index (χ0n) is 26.3. The third-order valence-electron chi connectivity index (χ3n) is 6.79. The van der Waals surface area contributed by atoms with Crippen LogP contribution in [0.25, 0.3) is 0 Å². The third kappa shape index (κ3) is 11.7. The molecule has 0 saturated carbocycles. The van der Waals surface area contributed by atoms with Gasteiger partial charge in [0.15, 0.2) is 0 Å². The van der Waals surface area contributed by atoms with E-state index in [2.05, 4.69) is 15.6 Å². The van der Waals surface area contributed by atoms with Gasteiger partial charge in [0.2, 0.25) is 0 Å². The number of amides is 2. The van der Waals surface area contributed by atoms with Crippen LogP contribution in [0.1, 0.15) is 51.3 Å². The quantitative estimate of drug-likeness (QED) is 0.205. The number of carbonyl (C=O) groups excluding carboxylic acids is 2. The summed E-state index contributed by atoms with van der Waals surface area (Å²) in [5.41, 5.74) is 1.37. The van der Waals surface area contributed by atoms with Gasteiger partial charge in [0, 0.05) is 12.4 Å². The summed E-state index contributed by atoms with van der Waals surface area (Å²) in [4.78, 5) is 29.5. The standard InChI is InChI=1S/C34H43F2N3O6/c1-23(2)29(22-43-20-26-12-9-17-37-19-26)38-31(41)34(35,36)30(40)28(39-32(42)45-33(3,4)5)18-24-13-15-27(16-14-24)44-21-25-10-7-6-8-11-25/h6-17,19,23,28-30,40H,18,20-22H2,1-5H3,(H,38,41)(H,39,42)/t28?,29-,30?/m0/s1. The Hall–Kier alpha value is -4.09. The van der Waals surface area contributed by atoms with Crippen LogP contribution < -0.4 is 15.4 Å². The minimum absolute atomic E-state index is 0.0389. The predicted octanol–water partition coefficient (Wildman–Crippen LogP) is 5.45. The molecule has 3 aromatic rings. The lowest BCUT2D eigenvalue weighted by Gasteiger charge is -2.32. The van der Waals surface area contributed by atoms with Crippen LogP contribution in [0.5, 0.6) is 5.75 Å². The topological polar surface area (TPSA) is 119 Å². The molecular formula is C34H43F2N3O6. The maximum absolute atomic E-state index is 15.6. The van der Waals surface area contributed by atoms with Gasteiger partial charge in [-0.2, -0.15) is 8.78 Å². The molecule has 0 spiro atoms. The summed E-state index contributed by atoms with van der Waals surface area (Å²) in [7, 11) is 0. The van der Waals surface area contributed by atoms with Gasteiger partial charge in [-0.05, 0) is 68.0 Å². The number of pyridine rings is 1. The Balaban J connectivity index is 1.70. The molecule has 0 radical (unpaired) electrons. The van der Waals surface area contributed by atoms with Gasteiger partial charge in [0.25, 0.3) is 5.91 Å². The van der Waals surface area contributed by atoms with E-state index in [0.717, 1.165) is 11.1 Å². The number of benzene rings is 2. The Labute approximate surface area is 263 Å². The summed E-state index contributed by atoms with van der Waals surface area (Å²) < 4.78 is 47.8. The average Bonchev–Trinajstić information content (AvgIpc) is 2.99. The Kier molecular flexibility index (Phi) is 12.8. The highest BCUT2D eigenvalue weighted by Gasteiger charge is 2.51. The van der Waals surface area contributed by atoms with Crippen molar-refractivity contribution in [2.75, 3.05) is 6.61 Å². The highest BCUT2D eigenvalue weighted by Crippen LogP contribution is 2.26. The maximum atomic E-state index is 15.6. The molecular weight excluding hydrogens is 584 g/mol. The van der Waals surface area contributed by atoms with Gasteiger partial charge in [-0.15, -0.1) is 0 Å². The van der Waals surface area contributed by atoms with E-state index in [1.807, 2.05) is 36.4 Å². The molecule has 2 amide bonds. The largest absolute Gasteiger partial charge is 0.489 e. The van der Waals surface area contributed by atoms with E-state index < -0.39 is 41.7 Å². The van der Waals surface area contributed by atoms with Gasteiger partial charge in [0.1, 0.15) is 24.1 Å². The van der Waals surface area contributed by atoms with E-state index in [1.54, 1.807) is 77.3 Å². The van der Waals surface area contributed by atoms with Gasteiger partial charge in [-0.1, -0.05) is 62.4 Å². The van der Waals surface area contributed by atoms with Gasteiger partial charge in [0.05, 0.1) is 25.3 Å². The number of hydrogen-bond acceptors (Lipinski definition) is 7. The summed E-state index contributed by atoms with van der Waals surface area (Å²) in [6, 6.07) is 17.4. The molecule has 3 rings (SSSR count). The molecule has 0 aliphatic carbocycles. The van der Waals surface area contributed by atoms with Crippen molar-refractivity contribution in [2.45, 2.75) is 84.0 Å². The Morgan fingerprint density at radius 1 is 0.867 bits per heavy atom. The van der Waals surface area contributed by atoms with Crippen LogP contribution in [0.2, 0.25) is 0 Å². The number of alkyl halides is 2. The molecule has 1 heterocycles. The molecule has 0 bridgehead atoms. The number of nitrogens with zero attached hydrogens (tertiary/aromatic N) is 1. The molecule has 0 saturated heterocycles. The number of carbonyl (C=O) groups is 2. The highest BCUT2D eigenvalue weighted by molar-refractivity contribution is 5.84. The Morgan fingerprint density at radius 3 is 2.13 bits per heavy atom. The van der Waals surface area contributed by atoms with E-state index in [0.29, 0.717) is 17.9 Å². The molecule has 2 aromatic carbocycles. The van der Waals surface area contributed by atoms with E-state index in [4.69, 9.17) is 14.2 Å². The SMILES string of the molecule is CC(C)[C@H](COCc1cccnc1)NC(=O)C(F)(F)C(O)C(Cc1ccc(OCc2ccccc2)cc1)NC(=O)OC(C)(C)C. The van der Waals surface area contributed by atoms with Crippen LogP contribution in [0.15, 0.2) is 79.1 Å². The molecule has 0 aliphatic rings. The fraction of sp³-hybridized carbons (Fsp3) is 0.441. The minimum atomic E-state index is -4.27. The smallest absolute Gasteiger partial charge is 0.407 e. The van der Waals surface area contributed by atoms with Crippen LogP contribution in [0, 0.1) is 5.92 Å². The highest BCUT2D eigenvalue weighted by atomic mass is 19.3. The molecule has 3 atom stereocenters. The lowest BCUT2D eigenvalue weighted by molar-refractivity contribution is -0.168. The van der Waals surface area contributed by atoms with Crippen molar-refractivity contribution in [2.24, 2.45) is 5.92 Å². The fourth-order valence-corrected chi connectivity index (χ4v) is 4.26. The van der Waals surface area contributed by atoms with Gasteiger partial charge in [-0.25, -0.2) is 4.79 Å². The molecule has 0 aliphatic heterocycles. The fourth-order valence-electron chi connectivity index (χ4n) is 4.26. The van der Waals surface area contributed by atoms with Crippen LogP contribution in [0.4, 0.5) is 13.6 Å². The van der Waals surface area contributed by atoms with Gasteiger partial charge >= 0.3 is 12.0 Å². The van der Waals surface area contributed by atoms with Crippen molar-refractivity contribution in [3.05, 3.63) is 95.8 Å². The zero-order valence-corrected chi connectivity index (χ0v) is 26.3. The zero-order chi connectivity index (χ0) is 33.0. The number of hydrogen-bond donors (Lipinski definition) is 3. The van der Waals surface area contributed by atoms with E-state index in [1.165, 1.54) is 0 Å². The number of rotatable bonds is 15. The average molecular weight is 628 g/mol. The van der Waals surface area contributed by atoms with Crippen molar-refractivity contribution in [3.8, 4) is 5.75 Å². The first-order valence-corrected chi connectivity index (χ1v) is 14.8. The molecule has 2 unspecified atom stereocenters. The van der Waals surface area contributed by atoms with E-state index in [9.17, 15) is 14.7 Å². The summed E-state index contributed by atoms with van der Waals surface area (Å²) >= 11 is 0. The number of alkyl carbamates (subject to hydrolysis) is 1. The number of ether oxygens (including phenoxy) is 3. The predicted molar refractivity (Wildman–Crippen MR) is 166 cm³/mol. The molecule has 45 heavy (non-hydrogen) atoms. The van der Waals surface area contributed by atoms with Crippen molar-refractivity contribution in [1.82, 2.24) is 15.6 Å². The number of aromatic nitrogens is 1. The van der Waals surface area contributed by atoms with Crippen molar-refractivity contribution in [1.29, 1.82) is 0 Å². The van der Waals surface area contributed by atoms with Crippen molar-refractivity contribution < 1.29 is 37.7 Å². The number of nitrogens with one attached hydrogen (secondary N) is 2. The summed E-state index contributed by atoms with van der Waals surface area (Å²) in [5.74, 6) is -5.65. The van der Waals surface area contributed by atoms with Crippen LogP contribution in [-0.2, 0) is 33.9 Å². The first-order valence-electron chi connectivity index (χ1n) is 14.8. The second kappa shape index (κ2) is 16.3. The first kappa shape index (κ1) is 35.4. The van der Waals surface area contributed by atoms with E-state index in [-0.39, 0.29) is 25.6 Å². The lowest BCUT2D eigenvalue weighted by Crippen LogP contribution is -2.60. The van der Waals surface area contributed by atoms with Crippen LogP contribution >= 0.6 is 0 Å². The van der Waals surface area contributed by atoms with Crippen LogP contribution in [0.3, 0.4) is 0 Å². The monoisotopic (exact) mass is 627 g/mol. The first-order chi connectivity index (χ1) is 21.2. The molecule has 244 valence electrons. The summed E-state index contributed by atoms with van der Waals surface area (Å²) in [6.07, 6.45) is -0.561. The number of halogens is 2. The maximum Gasteiger partial charge on any atom is 0.407 e. The number of aliphatic hydroxyl groups excluding tert-OH is 1. The summed E-state index contributed by atoms with van der Waals surface area (Å²) in [5, 5.41) is 15.6. The van der Waals surface area contributed by atoms with E-state index >= 15 is 8.78 Å². The molecule has 3 N–H and O–H groups in total. The van der Waals surface area contributed by atoms with Crippen molar-refractivity contribution >= 4 is 12.0 Å². The second-order valence-electron chi connectivity index (χ2n) is 12.1. The van der Waals surface area contributed by atoms with Crippen LogP contribution in [-0.4, -0.2) is 58.4 Å². The number of aliphatic hydroxyl groups is 1. The van der Waals surface area contributed by atoms with Gasteiger partial charge in [-0.3, -0.25) is 9.78 Å². The molecule has 9 nitrogen and oxygen atoms in total. The third-order valence-corrected chi connectivity index (χ3v) is 6.79. The summed E-state index contributed by atoms with van der Waals surface area (Å²) in [6.45, 7) is 8.87. The Bertz CT molecular complexity index is 1340. The van der Waals surface area contributed by atoms with Crippen molar-refractivity contribution in [3.63, 3.8) is 0 Å². The molecule has 11 heteroatoms. The molecule has 0 fully saturated rings. The normalized spacial score (nSPS) is 13.9. The second-order valence-corrected chi connectivity index (χ2v) is 12.1. The van der Waals surface area contributed by atoms with Gasteiger partial charge < -0.3 is 30.0 Å². The minimum Gasteiger partial charge on any atom is -0.489 e. The molecule has 1 aromatic heterocycles.